The number of nitrogens with zero attached hydrogens (tertiary/aromatic N) is 1. The zero-order valence-corrected chi connectivity index (χ0v) is 19.1. The molecule has 2 aromatic rings. The summed E-state index contributed by atoms with van der Waals surface area (Å²) in [5.74, 6) is -2.56. The Morgan fingerprint density at radius 1 is 1.11 bits per heavy atom. The Kier molecular flexibility index (Phi) is 7.14. The second-order valence-electron chi connectivity index (χ2n) is 8.61. The van der Waals surface area contributed by atoms with Crippen LogP contribution in [0.15, 0.2) is 59.6 Å². The molecule has 4 nitrogen and oxygen atoms in total. The number of nitrogens with one attached hydrogen (secondary N) is 1. The van der Waals surface area contributed by atoms with Gasteiger partial charge in [0.05, 0.1) is 11.5 Å². The third-order valence-corrected chi connectivity index (χ3v) is 6.14. The van der Waals surface area contributed by atoms with Crippen LogP contribution in [0.1, 0.15) is 31.1 Å². The number of esters is 1. The van der Waals surface area contributed by atoms with Crippen molar-refractivity contribution in [1.82, 2.24) is 0 Å². The molecule has 0 amide bonds. The van der Waals surface area contributed by atoms with Gasteiger partial charge in [-0.05, 0) is 47.7 Å². The van der Waals surface area contributed by atoms with Crippen molar-refractivity contribution in [2.24, 2.45) is 17.3 Å². The predicted molar refractivity (Wildman–Crippen MR) is 116 cm³/mol. The molecule has 0 heterocycles. The number of allylic oxidation sites excluding steroid dienone is 2. The molecule has 1 aliphatic rings. The quantitative estimate of drug-likeness (QED) is 0.319. The van der Waals surface area contributed by atoms with Gasteiger partial charge in [0, 0.05) is 16.9 Å². The fourth-order valence-electron chi connectivity index (χ4n) is 3.74. The number of anilines is 2. The van der Waals surface area contributed by atoms with Crippen LogP contribution in [-0.2, 0) is 15.7 Å². The smallest absolute Gasteiger partial charge is 0.426 e. The van der Waals surface area contributed by atoms with Gasteiger partial charge in [-0.15, -0.1) is 0 Å². The lowest BCUT2D eigenvalue weighted by atomic mass is 10.1. The molecule has 11 heteroatoms. The minimum absolute atomic E-state index is 0.275. The molecule has 3 unspecified atom stereocenters. The van der Waals surface area contributed by atoms with Crippen molar-refractivity contribution in [2.75, 3.05) is 5.32 Å². The summed E-state index contributed by atoms with van der Waals surface area (Å²) in [4.78, 5) is 12.7. The molecule has 2 aromatic carbocycles. The van der Waals surface area contributed by atoms with Crippen LogP contribution in [0, 0.1) is 28.6 Å². The zero-order valence-electron chi connectivity index (χ0n) is 18.3. The number of alkyl halides is 6. The normalized spacial score (nSPS) is 20.5. The SMILES string of the molecule is CC1(C)C(C=C(Cl)C(F)(F)F)C1C(=O)OC(C#N)c1cccc(Nc2ccc(C(F)(F)F)cc2)c1. The van der Waals surface area contributed by atoms with Gasteiger partial charge in [-0.3, -0.25) is 4.79 Å². The van der Waals surface area contributed by atoms with E-state index in [4.69, 9.17) is 16.3 Å². The summed E-state index contributed by atoms with van der Waals surface area (Å²) < 4.78 is 81.7. The molecular formula is C24H19ClF6N2O2. The maximum atomic E-state index is 12.8. The first-order valence-corrected chi connectivity index (χ1v) is 10.6. The van der Waals surface area contributed by atoms with Crippen LogP contribution in [0.25, 0.3) is 0 Å². The lowest BCUT2D eigenvalue weighted by molar-refractivity contribution is -0.149. The van der Waals surface area contributed by atoms with Gasteiger partial charge in [0.2, 0.25) is 6.10 Å². The highest BCUT2D eigenvalue weighted by molar-refractivity contribution is 6.30. The van der Waals surface area contributed by atoms with Crippen molar-refractivity contribution >= 4 is 28.9 Å². The maximum absolute atomic E-state index is 12.8. The maximum Gasteiger partial charge on any atom is 0.426 e. The average Bonchev–Trinajstić information content (AvgIpc) is 3.30. The van der Waals surface area contributed by atoms with E-state index in [1.54, 1.807) is 26.0 Å². The third-order valence-electron chi connectivity index (χ3n) is 5.80. The minimum Gasteiger partial charge on any atom is -0.442 e. The van der Waals surface area contributed by atoms with Crippen LogP contribution in [0.5, 0.6) is 0 Å². The third kappa shape index (κ3) is 6.09. The first-order chi connectivity index (χ1) is 16.1. The first kappa shape index (κ1) is 26.4. The van der Waals surface area contributed by atoms with Gasteiger partial charge in [-0.1, -0.05) is 43.7 Å². The summed E-state index contributed by atoms with van der Waals surface area (Å²) in [6, 6.07) is 12.3. The number of carbonyl (C=O) groups excluding carboxylic acids is 1. The summed E-state index contributed by atoms with van der Waals surface area (Å²) >= 11 is 5.30. The molecule has 35 heavy (non-hydrogen) atoms. The number of carbonyl (C=O) groups is 1. The Morgan fingerprint density at radius 2 is 1.74 bits per heavy atom. The predicted octanol–water partition coefficient (Wildman–Crippen LogP) is 7.51. The van der Waals surface area contributed by atoms with E-state index < -0.39 is 52.3 Å². The Hall–Kier alpha value is -3.19. The molecule has 0 radical (unpaired) electrons. The molecule has 1 aliphatic carbocycles. The van der Waals surface area contributed by atoms with Crippen molar-refractivity contribution in [3.63, 3.8) is 0 Å². The van der Waals surface area contributed by atoms with E-state index in [-0.39, 0.29) is 5.56 Å². The van der Waals surface area contributed by atoms with Crippen molar-refractivity contribution < 1.29 is 35.9 Å². The van der Waals surface area contributed by atoms with Gasteiger partial charge in [0.1, 0.15) is 11.1 Å². The Balaban J connectivity index is 1.71. The van der Waals surface area contributed by atoms with Crippen LogP contribution in [0.2, 0.25) is 0 Å². The summed E-state index contributed by atoms with van der Waals surface area (Å²) in [6.07, 6.45) is -9.77. The van der Waals surface area contributed by atoms with Crippen LogP contribution in [0.3, 0.4) is 0 Å². The van der Waals surface area contributed by atoms with Crippen molar-refractivity contribution in [1.29, 1.82) is 5.26 Å². The van der Waals surface area contributed by atoms with Gasteiger partial charge < -0.3 is 10.1 Å². The molecule has 0 aliphatic heterocycles. The molecule has 186 valence electrons. The Bertz CT molecular complexity index is 1170. The lowest BCUT2D eigenvalue weighted by Crippen LogP contribution is -2.14. The number of benzene rings is 2. The highest BCUT2D eigenvalue weighted by Gasteiger charge is 2.62. The molecule has 1 saturated carbocycles. The number of halogens is 7. The van der Waals surface area contributed by atoms with E-state index in [1.165, 1.54) is 24.3 Å². The molecule has 1 N–H and O–H groups in total. The first-order valence-electron chi connectivity index (χ1n) is 10.2. The Labute approximate surface area is 202 Å². The topological polar surface area (TPSA) is 62.1 Å². The summed E-state index contributed by atoms with van der Waals surface area (Å²) in [5, 5.41) is 11.1. The summed E-state index contributed by atoms with van der Waals surface area (Å²) in [5.41, 5.74) is -0.591. The van der Waals surface area contributed by atoms with E-state index in [2.05, 4.69) is 5.32 Å². The minimum atomic E-state index is -4.73. The zero-order chi connectivity index (χ0) is 26.2. The number of hydrogen-bond donors (Lipinski definition) is 1. The van der Waals surface area contributed by atoms with Gasteiger partial charge >= 0.3 is 18.3 Å². The number of hydrogen-bond acceptors (Lipinski definition) is 4. The van der Waals surface area contributed by atoms with Crippen molar-refractivity contribution in [3.05, 3.63) is 70.8 Å². The molecule has 0 spiro atoms. The van der Waals surface area contributed by atoms with Gasteiger partial charge in [0.15, 0.2) is 0 Å². The number of nitriles is 1. The van der Waals surface area contributed by atoms with Crippen LogP contribution in [0.4, 0.5) is 37.7 Å². The lowest BCUT2D eigenvalue weighted by Gasteiger charge is -2.14. The van der Waals surface area contributed by atoms with Gasteiger partial charge in [0.25, 0.3) is 0 Å². The second kappa shape index (κ2) is 9.46. The van der Waals surface area contributed by atoms with E-state index in [9.17, 15) is 36.4 Å². The fraction of sp³-hybridized carbons (Fsp3) is 0.333. The average molecular weight is 517 g/mol. The second-order valence-corrected chi connectivity index (χ2v) is 9.02. The van der Waals surface area contributed by atoms with Crippen molar-refractivity contribution in [2.45, 2.75) is 32.3 Å². The highest BCUT2D eigenvalue weighted by atomic mass is 35.5. The van der Waals surface area contributed by atoms with E-state index in [1.807, 2.05) is 6.07 Å². The van der Waals surface area contributed by atoms with E-state index >= 15 is 0 Å². The van der Waals surface area contributed by atoms with Gasteiger partial charge in [-0.2, -0.15) is 31.6 Å². The summed E-state index contributed by atoms with van der Waals surface area (Å²) in [7, 11) is 0. The van der Waals surface area contributed by atoms with E-state index in [0.717, 1.165) is 18.2 Å². The monoisotopic (exact) mass is 516 g/mol. The fourth-order valence-corrected chi connectivity index (χ4v) is 3.87. The molecule has 3 rings (SSSR count). The van der Waals surface area contributed by atoms with E-state index in [0.29, 0.717) is 11.4 Å². The molecule has 3 atom stereocenters. The van der Waals surface area contributed by atoms with Crippen LogP contribution < -0.4 is 5.32 Å². The summed E-state index contributed by atoms with van der Waals surface area (Å²) in [6.45, 7) is 3.19. The molecule has 0 bridgehead atoms. The highest BCUT2D eigenvalue weighted by Crippen LogP contribution is 2.60. The standard InChI is InChI=1S/C24H19ClF6N2O2/c1-22(2)17(11-19(25)24(29,30)31)20(22)21(34)35-18(12-32)13-4-3-5-16(10-13)33-15-8-6-14(7-9-15)23(26,27)28/h3-11,17-18,20,33H,1-2H3. The van der Waals surface area contributed by atoms with Crippen LogP contribution >= 0.6 is 11.6 Å². The molecule has 0 aromatic heterocycles. The number of ether oxygens (including phenoxy) is 1. The van der Waals surface area contributed by atoms with Crippen LogP contribution in [-0.4, -0.2) is 12.1 Å². The van der Waals surface area contributed by atoms with Gasteiger partial charge in [-0.25, -0.2) is 0 Å². The molecule has 1 fully saturated rings. The number of rotatable bonds is 6. The van der Waals surface area contributed by atoms with Crippen molar-refractivity contribution in [3.8, 4) is 6.07 Å². The molecular weight excluding hydrogens is 498 g/mol. The Morgan fingerprint density at radius 3 is 2.29 bits per heavy atom. The molecule has 0 saturated heterocycles. The largest absolute Gasteiger partial charge is 0.442 e.